The van der Waals surface area contributed by atoms with Gasteiger partial charge in [0.05, 0.1) is 0 Å². The number of carbonyl (C=O) groups excluding carboxylic acids is 1. The Morgan fingerprint density at radius 2 is 2.12 bits per heavy atom. The Labute approximate surface area is 98.3 Å². The fourth-order valence-corrected chi connectivity index (χ4v) is 1.84. The van der Waals surface area contributed by atoms with E-state index < -0.39 is 0 Å². The maximum atomic E-state index is 11.7. The molecule has 4 nitrogen and oxygen atoms in total. The van der Waals surface area contributed by atoms with Crippen molar-refractivity contribution in [1.29, 1.82) is 0 Å². The van der Waals surface area contributed by atoms with Gasteiger partial charge in [0.2, 0.25) is 0 Å². The normalized spacial score (nSPS) is 17.5. The van der Waals surface area contributed by atoms with Crippen LogP contribution in [0.4, 0.5) is 4.79 Å². The maximum Gasteiger partial charge on any atom is 0.317 e. The van der Waals surface area contributed by atoms with Crippen LogP contribution in [0.25, 0.3) is 0 Å². The molecule has 0 atom stereocenters. The van der Waals surface area contributed by atoms with Crippen LogP contribution in [0.1, 0.15) is 33.1 Å². The summed E-state index contributed by atoms with van der Waals surface area (Å²) in [4.78, 5) is 13.6. The van der Waals surface area contributed by atoms with Gasteiger partial charge >= 0.3 is 6.03 Å². The van der Waals surface area contributed by atoms with E-state index in [1.165, 1.54) is 0 Å². The zero-order chi connectivity index (χ0) is 11.8. The molecule has 1 rings (SSSR count). The molecule has 0 aliphatic carbocycles. The zero-order valence-corrected chi connectivity index (χ0v) is 10.5. The highest BCUT2D eigenvalue weighted by molar-refractivity contribution is 5.74. The van der Waals surface area contributed by atoms with Gasteiger partial charge in [0, 0.05) is 32.8 Å². The molecule has 0 aromatic heterocycles. The van der Waals surface area contributed by atoms with Gasteiger partial charge in [-0.25, -0.2) is 4.79 Å². The van der Waals surface area contributed by atoms with Gasteiger partial charge in [0.25, 0.3) is 0 Å². The Morgan fingerprint density at radius 3 is 2.75 bits per heavy atom. The number of likely N-dealkylation sites (tertiary alicyclic amines) is 1. The Morgan fingerprint density at radius 1 is 1.44 bits per heavy atom. The van der Waals surface area contributed by atoms with Gasteiger partial charge < -0.3 is 15.0 Å². The van der Waals surface area contributed by atoms with Crippen molar-refractivity contribution in [3.05, 3.63) is 0 Å². The van der Waals surface area contributed by atoms with Crippen molar-refractivity contribution >= 4 is 6.03 Å². The molecule has 0 aromatic carbocycles. The van der Waals surface area contributed by atoms with Crippen LogP contribution in [-0.4, -0.2) is 43.8 Å². The molecule has 1 saturated heterocycles. The van der Waals surface area contributed by atoms with Crippen LogP contribution in [-0.2, 0) is 4.74 Å². The molecular formula is C12H24N2O2. The van der Waals surface area contributed by atoms with Gasteiger partial charge in [-0.05, 0) is 32.1 Å². The molecule has 1 N–H and O–H groups in total. The molecule has 0 bridgehead atoms. The zero-order valence-electron chi connectivity index (χ0n) is 10.5. The lowest BCUT2D eigenvalue weighted by molar-refractivity contribution is 0.142. The van der Waals surface area contributed by atoms with Crippen molar-refractivity contribution in [2.24, 2.45) is 5.92 Å². The predicted octanol–water partition coefficient (Wildman–Crippen LogP) is 1.85. The lowest BCUT2D eigenvalue weighted by Gasteiger charge is -2.30. The number of rotatable bonds is 5. The van der Waals surface area contributed by atoms with Gasteiger partial charge in [0.1, 0.15) is 0 Å². The second-order valence-corrected chi connectivity index (χ2v) is 4.45. The van der Waals surface area contributed by atoms with Crippen molar-refractivity contribution < 1.29 is 9.53 Å². The summed E-state index contributed by atoms with van der Waals surface area (Å²) in [6.07, 6.45) is 3.16. The second-order valence-electron chi connectivity index (χ2n) is 4.45. The van der Waals surface area contributed by atoms with Crippen molar-refractivity contribution in [3.8, 4) is 0 Å². The fraction of sp³-hybridized carbons (Fsp3) is 0.917. The summed E-state index contributed by atoms with van der Waals surface area (Å²) in [6, 6.07) is 0.0865. The molecule has 0 spiro atoms. The minimum absolute atomic E-state index is 0.0865. The SMILES string of the molecule is CCOCCCNC(=O)N1CCC(C)CC1. The molecular weight excluding hydrogens is 204 g/mol. The van der Waals surface area contributed by atoms with Gasteiger partial charge in [-0.3, -0.25) is 0 Å². The maximum absolute atomic E-state index is 11.7. The molecule has 0 aromatic rings. The summed E-state index contributed by atoms with van der Waals surface area (Å²) >= 11 is 0. The highest BCUT2D eigenvalue weighted by atomic mass is 16.5. The molecule has 16 heavy (non-hydrogen) atoms. The number of nitrogens with zero attached hydrogens (tertiary/aromatic N) is 1. The largest absolute Gasteiger partial charge is 0.382 e. The number of piperidine rings is 1. The Bertz CT molecular complexity index is 201. The van der Waals surface area contributed by atoms with E-state index in [0.717, 1.165) is 51.5 Å². The average molecular weight is 228 g/mol. The standard InChI is InChI=1S/C12H24N2O2/c1-3-16-10-4-7-13-12(15)14-8-5-11(2)6-9-14/h11H,3-10H2,1-2H3,(H,13,15). The number of hydrogen-bond acceptors (Lipinski definition) is 2. The minimum atomic E-state index is 0.0865. The molecule has 1 aliphatic rings. The monoisotopic (exact) mass is 228 g/mol. The quantitative estimate of drug-likeness (QED) is 0.730. The topological polar surface area (TPSA) is 41.6 Å². The van der Waals surface area contributed by atoms with E-state index in [0.29, 0.717) is 6.54 Å². The summed E-state index contributed by atoms with van der Waals surface area (Å²) in [7, 11) is 0. The summed E-state index contributed by atoms with van der Waals surface area (Å²) in [5.41, 5.74) is 0. The predicted molar refractivity (Wildman–Crippen MR) is 64.5 cm³/mol. The molecule has 4 heteroatoms. The minimum Gasteiger partial charge on any atom is -0.382 e. The highest BCUT2D eigenvalue weighted by Crippen LogP contribution is 2.15. The smallest absolute Gasteiger partial charge is 0.317 e. The van der Waals surface area contributed by atoms with Crippen LogP contribution >= 0.6 is 0 Å². The summed E-state index contributed by atoms with van der Waals surface area (Å²) < 4.78 is 5.21. The molecule has 1 heterocycles. The first kappa shape index (κ1) is 13.3. The lowest BCUT2D eigenvalue weighted by atomic mass is 10.00. The Balaban J connectivity index is 2.06. The van der Waals surface area contributed by atoms with E-state index >= 15 is 0 Å². The first-order valence-electron chi connectivity index (χ1n) is 6.34. The average Bonchev–Trinajstić information content (AvgIpc) is 2.29. The third-order valence-electron chi connectivity index (χ3n) is 3.02. The van der Waals surface area contributed by atoms with Crippen LogP contribution in [0, 0.1) is 5.92 Å². The third kappa shape index (κ3) is 4.84. The number of nitrogens with one attached hydrogen (secondary N) is 1. The number of amides is 2. The number of ether oxygens (including phenoxy) is 1. The van der Waals surface area contributed by atoms with E-state index in [1.54, 1.807) is 0 Å². The molecule has 1 aliphatic heterocycles. The summed E-state index contributed by atoms with van der Waals surface area (Å²) in [5, 5.41) is 2.93. The number of carbonyl (C=O) groups is 1. The van der Waals surface area contributed by atoms with Crippen LogP contribution in [0.5, 0.6) is 0 Å². The summed E-state index contributed by atoms with van der Waals surface area (Å²) in [5.74, 6) is 0.766. The molecule has 1 fully saturated rings. The molecule has 0 radical (unpaired) electrons. The molecule has 0 saturated carbocycles. The van der Waals surface area contributed by atoms with Crippen LogP contribution in [0.2, 0.25) is 0 Å². The number of urea groups is 1. The van der Waals surface area contributed by atoms with E-state index in [1.807, 2.05) is 11.8 Å². The van der Waals surface area contributed by atoms with Crippen molar-refractivity contribution in [2.75, 3.05) is 32.8 Å². The lowest BCUT2D eigenvalue weighted by Crippen LogP contribution is -2.44. The van der Waals surface area contributed by atoms with Crippen LogP contribution in [0.15, 0.2) is 0 Å². The Kier molecular flexibility index (Phi) is 6.23. The first-order valence-corrected chi connectivity index (χ1v) is 6.34. The van der Waals surface area contributed by atoms with Crippen LogP contribution < -0.4 is 5.32 Å². The van der Waals surface area contributed by atoms with E-state index in [2.05, 4.69) is 12.2 Å². The van der Waals surface area contributed by atoms with Gasteiger partial charge in [-0.1, -0.05) is 6.92 Å². The van der Waals surface area contributed by atoms with Crippen molar-refractivity contribution in [1.82, 2.24) is 10.2 Å². The second kappa shape index (κ2) is 7.49. The third-order valence-corrected chi connectivity index (χ3v) is 3.02. The van der Waals surface area contributed by atoms with E-state index in [-0.39, 0.29) is 6.03 Å². The summed E-state index contributed by atoms with van der Waals surface area (Å²) in [6.45, 7) is 8.22. The van der Waals surface area contributed by atoms with Gasteiger partial charge in [0.15, 0.2) is 0 Å². The highest BCUT2D eigenvalue weighted by Gasteiger charge is 2.19. The molecule has 94 valence electrons. The van der Waals surface area contributed by atoms with Gasteiger partial charge in [-0.2, -0.15) is 0 Å². The van der Waals surface area contributed by atoms with Crippen molar-refractivity contribution in [2.45, 2.75) is 33.1 Å². The first-order chi connectivity index (χ1) is 7.74. The fourth-order valence-electron chi connectivity index (χ4n) is 1.84. The van der Waals surface area contributed by atoms with E-state index in [4.69, 9.17) is 4.74 Å². The van der Waals surface area contributed by atoms with E-state index in [9.17, 15) is 4.79 Å². The molecule has 2 amide bonds. The van der Waals surface area contributed by atoms with Crippen LogP contribution in [0.3, 0.4) is 0 Å². The van der Waals surface area contributed by atoms with Crippen molar-refractivity contribution in [3.63, 3.8) is 0 Å². The Hall–Kier alpha value is -0.770. The number of hydrogen-bond donors (Lipinski definition) is 1. The molecule has 0 unspecified atom stereocenters. The van der Waals surface area contributed by atoms with Gasteiger partial charge in [-0.15, -0.1) is 0 Å².